The summed E-state index contributed by atoms with van der Waals surface area (Å²) in [5.74, 6) is 0.922. The Morgan fingerprint density at radius 1 is 0.926 bits per heavy atom. The van der Waals surface area contributed by atoms with Gasteiger partial charge < -0.3 is 9.84 Å². The van der Waals surface area contributed by atoms with Gasteiger partial charge in [0.25, 0.3) is 0 Å². The van der Waals surface area contributed by atoms with Crippen molar-refractivity contribution >= 4 is 9.84 Å². The first-order valence-electron chi connectivity index (χ1n) is 9.82. The first-order valence-corrected chi connectivity index (χ1v) is 11.3. The van der Waals surface area contributed by atoms with Crippen molar-refractivity contribution in [2.45, 2.75) is 74.7 Å². The van der Waals surface area contributed by atoms with Gasteiger partial charge in [0.15, 0.2) is 0 Å². The lowest BCUT2D eigenvalue weighted by Crippen LogP contribution is -2.20. The maximum Gasteiger partial charge on any atom is 0.206 e. The van der Waals surface area contributed by atoms with Gasteiger partial charge in [-0.1, -0.05) is 20.3 Å². The zero-order chi connectivity index (χ0) is 19.4. The number of hydrogen-bond acceptors (Lipinski definition) is 4. The van der Waals surface area contributed by atoms with E-state index in [-0.39, 0.29) is 21.6 Å². The molecule has 3 rings (SSSR count). The maximum absolute atomic E-state index is 13.1. The van der Waals surface area contributed by atoms with Crippen molar-refractivity contribution in [3.05, 3.63) is 47.5 Å². The maximum atomic E-state index is 13.1. The van der Waals surface area contributed by atoms with Crippen LogP contribution in [0.15, 0.2) is 46.2 Å². The average Bonchev–Trinajstić information content (AvgIpc) is 2.69. The molecule has 0 atom stereocenters. The van der Waals surface area contributed by atoms with Crippen molar-refractivity contribution in [3.63, 3.8) is 0 Å². The molecule has 0 bridgehead atoms. The zero-order valence-corrected chi connectivity index (χ0v) is 16.9. The second-order valence-corrected chi connectivity index (χ2v) is 9.10. The van der Waals surface area contributed by atoms with Crippen LogP contribution in [0.25, 0.3) is 0 Å². The minimum Gasteiger partial charge on any atom is -0.508 e. The number of rotatable bonds is 6. The molecule has 1 aliphatic rings. The second-order valence-electron chi connectivity index (χ2n) is 7.15. The lowest BCUT2D eigenvalue weighted by Gasteiger charge is -2.24. The molecule has 0 aromatic heterocycles. The molecule has 1 N–H and O–H groups in total. The Morgan fingerprint density at radius 3 is 2.15 bits per heavy atom. The van der Waals surface area contributed by atoms with E-state index in [1.165, 1.54) is 31.4 Å². The van der Waals surface area contributed by atoms with Gasteiger partial charge in [-0.2, -0.15) is 0 Å². The third-order valence-electron chi connectivity index (χ3n) is 5.31. The third kappa shape index (κ3) is 4.29. The summed E-state index contributed by atoms with van der Waals surface area (Å²) >= 11 is 0. The summed E-state index contributed by atoms with van der Waals surface area (Å²) in [7, 11) is -3.64. The Labute approximate surface area is 162 Å². The van der Waals surface area contributed by atoms with Crippen LogP contribution in [0.5, 0.6) is 11.5 Å². The number of aromatic hydroxyl groups is 1. The summed E-state index contributed by atoms with van der Waals surface area (Å²) in [5, 5.41) is 9.83. The van der Waals surface area contributed by atoms with Crippen LogP contribution in [0, 0.1) is 0 Å². The topological polar surface area (TPSA) is 63.6 Å². The van der Waals surface area contributed by atoms with E-state index in [9.17, 15) is 13.5 Å². The molecular formula is C22H28O4S. The van der Waals surface area contributed by atoms with Crippen molar-refractivity contribution in [2.24, 2.45) is 0 Å². The molecule has 27 heavy (non-hydrogen) atoms. The highest BCUT2D eigenvalue weighted by Gasteiger charge is 2.22. The standard InChI is InChI=1S/C22H28O4S/c1-3-16-14-19(10-12-21(16)23)27(24,25)20-11-13-22(17(4-2)15-20)26-18-8-6-5-7-9-18/h10-15,18,23H,3-9H2,1-2H3. The van der Waals surface area contributed by atoms with Crippen LogP contribution in [0.4, 0.5) is 0 Å². The Bertz CT molecular complexity index is 897. The number of benzene rings is 2. The predicted molar refractivity (Wildman–Crippen MR) is 106 cm³/mol. The molecule has 5 heteroatoms. The minimum absolute atomic E-state index is 0.127. The molecule has 146 valence electrons. The van der Waals surface area contributed by atoms with E-state index in [0.29, 0.717) is 18.4 Å². The van der Waals surface area contributed by atoms with Gasteiger partial charge in [-0.3, -0.25) is 0 Å². The van der Waals surface area contributed by atoms with Crippen molar-refractivity contribution in [1.82, 2.24) is 0 Å². The molecule has 0 radical (unpaired) electrons. The van der Waals surface area contributed by atoms with Gasteiger partial charge in [-0.15, -0.1) is 0 Å². The Balaban J connectivity index is 1.91. The molecule has 1 saturated carbocycles. The van der Waals surface area contributed by atoms with E-state index in [1.54, 1.807) is 24.3 Å². The van der Waals surface area contributed by atoms with Crippen LogP contribution in [0.2, 0.25) is 0 Å². The number of aryl methyl sites for hydroxylation is 2. The lowest BCUT2D eigenvalue weighted by molar-refractivity contribution is 0.153. The molecule has 0 amide bonds. The summed E-state index contributed by atoms with van der Waals surface area (Å²) in [6, 6.07) is 9.62. The molecule has 1 aliphatic carbocycles. The molecule has 0 aliphatic heterocycles. The summed E-state index contributed by atoms with van der Waals surface area (Å²) in [5.41, 5.74) is 1.54. The molecule has 0 heterocycles. The normalized spacial score (nSPS) is 15.6. The van der Waals surface area contributed by atoms with E-state index in [4.69, 9.17) is 4.74 Å². The molecule has 1 fully saturated rings. The summed E-state index contributed by atoms with van der Waals surface area (Å²) in [6.45, 7) is 3.90. The highest BCUT2D eigenvalue weighted by atomic mass is 32.2. The predicted octanol–water partition coefficient (Wildman–Crippen LogP) is 5.06. The molecular weight excluding hydrogens is 360 g/mol. The lowest BCUT2D eigenvalue weighted by atomic mass is 9.97. The van der Waals surface area contributed by atoms with Crippen LogP contribution in [0.3, 0.4) is 0 Å². The first-order chi connectivity index (χ1) is 13.0. The van der Waals surface area contributed by atoms with E-state index in [0.717, 1.165) is 24.2 Å². The van der Waals surface area contributed by atoms with Gasteiger partial charge in [0, 0.05) is 0 Å². The van der Waals surface area contributed by atoms with Crippen LogP contribution in [-0.4, -0.2) is 19.6 Å². The van der Waals surface area contributed by atoms with Gasteiger partial charge in [-0.05, 0) is 86.1 Å². The zero-order valence-electron chi connectivity index (χ0n) is 16.1. The highest BCUT2D eigenvalue weighted by molar-refractivity contribution is 7.91. The number of ether oxygens (including phenoxy) is 1. The van der Waals surface area contributed by atoms with Crippen molar-refractivity contribution in [1.29, 1.82) is 0 Å². The molecule has 2 aromatic rings. The second kappa shape index (κ2) is 8.34. The first kappa shape index (κ1) is 19.7. The molecule has 2 aromatic carbocycles. The molecule has 0 unspecified atom stereocenters. The Kier molecular flexibility index (Phi) is 6.10. The van der Waals surface area contributed by atoms with Gasteiger partial charge in [0.05, 0.1) is 15.9 Å². The smallest absolute Gasteiger partial charge is 0.206 e. The number of hydrogen-bond donors (Lipinski definition) is 1. The van der Waals surface area contributed by atoms with Crippen molar-refractivity contribution in [3.8, 4) is 11.5 Å². The molecule has 0 saturated heterocycles. The Morgan fingerprint density at radius 2 is 1.52 bits per heavy atom. The summed E-state index contributed by atoms with van der Waals surface area (Å²) in [6.07, 6.45) is 7.30. The van der Waals surface area contributed by atoms with Gasteiger partial charge >= 0.3 is 0 Å². The van der Waals surface area contributed by atoms with Crippen molar-refractivity contribution in [2.75, 3.05) is 0 Å². The van der Waals surface area contributed by atoms with Crippen molar-refractivity contribution < 1.29 is 18.3 Å². The Hall–Kier alpha value is -2.01. The van der Waals surface area contributed by atoms with E-state index < -0.39 is 9.84 Å². The molecule has 4 nitrogen and oxygen atoms in total. The van der Waals surface area contributed by atoms with E-state index >= 15 is 0 Å². The van der Waals surface area contributed by atoms with Gasteiger partial charge in [0.2, 0.25) is 9.84 Å². The average molecular weight is 389 g/mol. The van der Waals surface area contributed by atoms with E-state index in [1.807, 2.05) is 13.8 Å². The minimum atomic E-state index is -3.64. The van der Waals surface area contributed by atoms with E-state index in [2.05, 4.69) is 0 Å². The fraction of sp³-hybridized carbons (Fsp3) is 0.455. The quantitative estimate of drug-likeness (QED) is 0.751. The van der Waals surface area contributed by atoms with Gasteiger partial charge in [-0.25, -0.2) is 8.42 Å². The SMILES string of the molecule is CCc1cc(S(=O)(=O)c2ccc(OC3CCCCC3)c(CC)c2)ccc1O. The van der Waals surface area contributed by atoms with Crippen LogP contribution in [0.1, 0.15) is 57.1 Å². The molecule has 0 spiro atoms. The number of phenolic OH excluding ortho intramolecular Hbond substituents is 1. The monoisotopic (exact) mass is 388 g/mol. The largest absolute Gasteiger partial charge is 0.508 e. The third-order valence-corrected chi connectivity index (χ3v) is 7.06. The van der Waals surface area contributed by atoms with Crippen LogP contribution < -0.4 is 4.74 Å². The fourth-order valence-corrected chi connectivity index (χ4v) is 4.99. The summed E-state index contributed by atoms with van der Waals surface area (Å²) in [4.78, 5) is 0.475. The highest BCUT2D eigenvalue weighted by Crippen LogP contribution is 2.31. The van der Waals surface area contributed by atoms with Gasteiger partial charge in [0.1, 0.15) is 11.5 Å². The van der Waals surface area contributed by atoms with Crippen LogP contribution in [-0.2, 0) is 22.7 Å². The fourth-order valence-electron chi connectivity index (χ4n) is 3.63. The van der Waals surface area contributed by atoms with Crippen LogP contribution >= 0.6 is 0 Å². The number of sulfone groups is 1. The number of phenols is 1. The summed E-state index contributed by atoms with van der Waals surface area (Å²) < 4.78 is 32.3.